The van der Waals surface area contributed by atoms with Gasteiger partial charge >= 0.3 is 0 Å². The highest BCUT2D eigenvalue weighted by Gasteiger charge is 2.23. The number of carbonyl (C=O) groups excluding carboxylic acids is 1. The molecule has 0 spiro atoms. The summed E-state index contributed by atoms with van der Waals surface area (Å²) in [4.78, 5) is 25.3. The van der Waals surface area contributed by atoms with E-state index in [2.05, 4.69) is 28.7 Å². The number of fused-ring (bicyclic) bond motifs is 1. The summed E-state index contributed by atoms with van der Waals surface area (Å²) in [6.45, 7) is 7.11. The van der Waals surface area contributed by atoms with E-state index < -0.39 is 0 Å². The second-order valence-electron chi connectivity index (χ2n) is 7.58. The van der Waals surface area contributed by atoms with Crippen LogP contribution in [0.1, 0.15) is 20.3 Å². The predicted octanol–water partition coefficient (Wildman–Crippen LogP) is 3.17. The number of hydrogen-bond donors (Lipinski definition) is 1. The van der Waals surface area contributed by atoms with Crippen LogP contribution in [0, 0.1) is 5.92 Å². The Morgan fingerprint density at radius 2 is 1.96 bits per heavy atom. The molecule has 1 saturated heterocycles. The van der Waals surface area contributed by atoms with Crippen LogP contribution >= 0.6 is 0 Å². The van der Waals surface area contributed by atoms with Crippen molar-refractivity contribution in [2.45, 2.75) is 20.3 Å². The molecule has 0 aliphatic carbocycles. The zero-order valence-corrected chi connectivity index (χ0v) is 16.3. The van der Waals surface area contributed by atoms with E-state index in [0.717, 1.165) is 29.9 Å². The minimum Gasteiger partial charge on any atom is -0.436 e. The second kappa shape index (κ2) is 7.50. The Morgan fingerprint density at radius 1 is 1.21 bits per heavy atom. The van der Waals surface area contributed by atoms with E-state index in [1.165, 1.54) is 0 Å². The van der Waals surface area contributed by atoms with Gasteiger partial charge < -0.3 is 20.0 Å². The highest BCUT2D eigenvalue weighted by atomic mass is 16.3. The SMILES string of the molecule is CC(C)CC(=O)N1CCN(c2cnc(N)c(-c3nc4ccccc4o3)c2)CC1. The van der Waals surface area contributed by atoms with Crippen LogP contribution in [0.4, 0.5) is 11.5 Å². The van der Waals surface area contributed by atoms with Gasteiger partial charge in [-0.2, -0.15) is 0 Å². The molecular weight excluding hydrogens is 354 g/mol. The van der Waals surface area contributed by atoms with E-state index in [9.17, 15) is 4.79 Å². The molecule has 1 aliphatic rings. The van der Waals surface area contributed by atoms with Crippen molar-refractivity contribution in [1.29, 1.82) is 0 Å². The van der Waals surface area contributed by atoms with E-state index in [-0.39, 0.29) is 5.91 Å². The van der Waals surface area contributed by atoms with Crippen molar-refractivity contribution < 1.29 is 9.21 Å². The summed E-state index contributed by atoms with van der Waals surface area (Å²) in [5, 5.41) is 0. The predicted molar refractivity (Wildman–Crippen MR) is 110 cm³/mol. The molecule has 2 N–H and O–H groups in total. The molecular formula is C21H25N5O2. The first-order chi connectivity index (χ1) is 13.5. The van der Waals surface area contributed by atoms with Gasteiger partial charge in [0.25, 0.3) is 0 Å². The molecule has 1 fully saturated rings. The fourth-order valence-corrected chi connectivity index (χ4v) is 3.49. The Labute approximate surface area is 164 Å². The van der Waals surface area contributed by atoms with Crippen molar-refractivity contribution in [3.63, 3.8) is 0 Å². The Morgan fingerprint density at radius 3 is 2.68 bits per heavy atom. The first-order valence-corrected chi connectivity index (χ1v) is 9.65. The van der Waals surface area contributed by atoms with Crippen LogP contribution < -0.4 is 10.6 Å². The van der Waals surface area contributed by atoms with E-state index in [1.54, 1.807) is 6.20 Å². The average Bonchev–Trinajstić information content (AvgIpc) is 3.12. The van der Waals surface area contributed by atoms with E-state index in [0.29, 0.717) is 42.7 Å². The monoisotopic (exact) mass is 379 g/mol. The van der Waals surface area contributed by atoms with Gasteiger partial charge in [0.2, 0.25) is 11.8 Å². The summed E-state index contributed by atoms with van der Waals surface area (Å²) >= 11 is 0. The number of benzene rings is 1. The molecule has 2 aromatic heterocycles. The maximum atomic E-state index is 12.3. The Balaban J connectivity index is 1.52. The number of nitrogen functional groups attached to an aromatic ring is 1. The summed E-state index contributed by atoms with van der Waals surface area (Å²) in [6, 6.07) is 9.59. The highest BCUT2D eigenvalue weighted by Crippen LogP contribution is 2.31. The summed E-state index contributed by atoms with van der Waals surface area (Å²) in [5.74, 6) is 1.47. The van der Waals surface area contributed by atoms with Crippen LogP contribution in [0.5, 0.6) is 0 Å². The molecule has 4 rings (SSSR count). The quantitative estimate of drug-likeness (QED) is 0.749. The van der Waals surface area contributed by atoms with Gasteiger partial charge in [-0.05, 0) is 24.1 Å². The summed E-state index contributed by atoms with van der Waals surface area (Å²) in [5.41, 5.74) is 9.26. The molecule has 3 aromatic rings. The molecule has 0 unspecified atom stereocenters. The lowest BCUT2D eigenvalue weighted by Gasteiger charge is -2.36. The minimum atomic E-state index is 0.234. The number of para-hydroxylation sites is 2. The van der Waals surface area contributed by atoms with Gasteiger partial charge in [0, 0.05) is 32.6 Å². The molecule has 3 heterocycles. The Bertz CT molecular complexity index is 956. The molecule has 1 aliphatic heterocycles. The van der Waals surface area contributed by atoms with Crippen molar-refractivity contribution in [3.05, 3.63) is 36.5 Å². The van der Waals surface area contributed by atoms with Gasteiger partial charge in [0.1, 0.15) is 11.3 Å². The molecule has 1 aromatic carbocycles. The summed E-state index contributed by atoms with van der Waals surface area (Å²) in [6.07, 6.45) is 2.37. The maximum Gasteiger partial charge on any atom is 0.231 e. The lowest BCUT2D eigenvalue weighted by Crippen LogP contribution is -2.49. The lowest BCUT2D eigenvalue weighted by molar-refractivity contribution is -0.132. The normalized spacial score (nSPS) is 14.8. The molecule has 146 valence electrons. The van der Waals surface area contributed by atoms with Crippen molar-refractivity contribution in [1.82, 2.24) is 14.9 Å². The van der Waals surface area contributed by atoms with Crippen LogP contribution in [0.15, 0.2) is 40.9 Å². The number of aromatic nitrogens is 2. The van der Waals surface area contributed by atoms with Gasteiger partial charge in [0.15, 0.2) is 5.58 Å². The van der Waals surface area contributed by atoms with Gasteiger partial charge in [-0.25, -0.2) is 9.97 Å². The first-order valence-electron chi connectivity index (χ1n) is 9.65. The molecule has 7 heteroatoms. The van der Waals surface area contributed by atoms with Gasteiger partial charge in [-0.1, -0.05) is 26.0 Å². The molecule has 0 saturated carbocycles. The number of rotatable bonds is 4. The van der Waals surface area contributed by atoms with Gasteiger partial charge in [0.05, 0.1) is 17.4 Å². The van der Waals surface area contributed by atoms with Gasteiger partial charge in [-0.3, -0.25) is 4.79 Å². The fraction of sp³-hybridized carbons (Fsp3) is 0.381. The van der Waals surface area contributed by atoms with Crippen LogP contribution in [0.3, 0.4) is 0 Å². The number of pyridine rings is 1. The number of hydrogen-bond acceptors (Lipinski definition) is 6. The topological polar surface area (TPSA) is 88.5 Å². The number of carbonyl (C=O) groups is 1. The molecule has 7 nitrogen and oxygen atoms in total. The minimum absolute atomic E-state index is 0.234. The zero-order chi connectivity index (χ0) is 19.7. The zero-order valence-electron chi connectivity index (χ0n) is 16.3. The van der Waals surface area contributed by atoms with Crippen LogP contribution in [0.25, 0.3) is 22.6 Å². The molecule has 0 radical (unpaired) electrons. The Hall–Kier alpha value is -3.09. The summed E-state index contributed by atoms with van der Waals surface area (Å²) < 4.78 is 5.86. The molecule has 0 bridgehead atoms. The first kappa shape index (κ1) is 18.3. The second-order valence-corrected chi connectivity index (χ2v) is 7.58. The maximum absolute atomic E-state index is 12.3. The third-order valence-electron chi connectivity index (χ3n) is 5.01. The van der Waals surface area contributed by atoms with Crippen molar-refractivity contribution in [2.24, 2.45) is 5.92 Å². The van der Waals surface area contributed by atoms with Gasteiger partial charge in [-0.15, -0.1) is 0 Å². The average molecular weight is 379 g/mol. The molecule has 28 heavy (non-hydrogen) atoms. The fourth-order valence-electron chi connectivity index (χ4n) is 3.49. The smallest absolute Gasteiger partial charge is 0.231 e. The largest absolute Gasteiger partial charge is 0.436 e. The number of nitrogens with zero attached hydrogens (tertiary/aromatic N) is 4. The highest BCUT2D eigenvalue weighted by molar-refractivity contribution is 5.80. The van der Waals surface area contributed by atoms with E-state index >= 15 is 0 Å². The number of oxazole rings is 1. The number of nitrogens with two attached hydrogens (primary N) is 1. The van der Waals surface area contributed by atoms with E-state index in [1.807, 2.05) is 35.2 Å². The Kier molecular flexibility index (Phi) is 4.90. The standard InChI is InChI=1S/C21H25N5O2/c1-14(2)11-19(27)26-9-7-25(8-10-26)15-12-16(20(22)23-13-15)21-24-17-5-3-4-6-18(17)28-21/h3-6,12-14H,7-11H2,1-2H3,(H2,22,23). The number of piperazine rings is 1. The third-order valence-corrected chi connectivity index (χ3v) is 5.01. The van der Waals surface area contributed by atoms with Crippen molar-refractivity contribution in [3.8, 4) is 11.5 Å². The third kappa shape index (κ3) is 3.65. The number of anilines is 2. The lowest BCUT2D eigenvalue weighted by atomic mass is 10.1. The molecule has 1 amide bonds. The molecule has 0 atom stereocenters. The van der Waals surface area contributed by atoms with Crippen LogP contribution in [-0.4, -0.2) is 47.0 Å². The summed E-state index contributed by atoms with van der Waals surface area (Å²) in [7, 11) is 0. The van der Waals surface area contributed by atoms with Crippen LogP contribution in [-0.2, 0) is 4.79 Å². The van der Waals surface area contributed by atoms with E-state index in [4.69, 9.17) is 10.2 Å². The van der Waals surface area contributed by atoms with Crippen molar-refractivity contribution >= 4 is 28.5 Å². The van der Waals surface area contributed by atoms with Crippen LogP contribution in [0.2, 0.25) is 0 Å². The van der Waals surface area contributed by atoms with Crippen molar-refractivity contribution in [2.75, 3.05) is 36.8 Å². The number of amides is 1.